The van der Waals surface area contributed by atoms with E-state index < -0.39 is 60.9 Å². The fourth-order valence-corrected chi connectivity index (χ4v) is 1.21. The predicted molar refractivity (Wildman–Crippen MR) is 80.0 cm³/mol. The van der Waals surface area contributed by atoms with Crippen molar-refractivity contribution in [1.82, 2.24) is 0 Å². The second-order valence-corrected chi connectivity index (χ2v) is 7.26. The third kappa shape index (κ3) is 5.42. The van der Waals surface area contributed by atoms with Crippen molar-refractivity contribution in [3.8, 4) is 0 Å². The fraction of sp³-hybridized carbons (Fsp3) is 0.867. The van der Waals surface area contributed by atoms with Crippen molar-refractivity contribution in [1.29, 1.82) is 0 Å². The first kappa shape index (κ1) is 21.8. The van der Waals surface area contributed by atoms with Gasteiger partial charge in [-0.15, -0.1) is 0 Å². The molecule has 23 heavy (non-hydrogen) atoms. The van der Waals surface area contributed by atoms with Crippen molar-refractivity contribution >= 4 is 11.9 Å². The summed E-state index contributed by atoms with van der Waals surface area (Å²) in [4.78, 5) is 24.2. The highest BCUT2D eigenvalue weighted by Crippen LogP contribution is 2.29. The first-order chi connectivity index (χ1) is 10.4. The molecule has 0 saturated heterocycles. The summed E-state index contributed by atoms with van der Waals surface area (Å²) < 4.78 is 10.3. The molecule has 0 aromatic rings. The molecule has 0 aliphatic carbocycles. The van der Waals surface area contributed by atoms with Crippen LogP contribution in [0, 0.1) is 16.2 Å². The van der Waals surface area contributed by atoms with Gasteiger partial charge in [0.25, 0.3) is 6.29 Å². The van der Waals surface area contributed by atoms with Gasteiger partial charge in [0.15, 0.2) is 0 Å². The Morgan fingerprint density at radius 2 is 1.00 bits per heavy atom. The van der Waals surface area contributed by atoms with Crippen molar-refractivity contribution in [2.24, 2.45) is 16.2 Å². The molecule has 0 aromatic heterocycles. The number of hydrogen-bond donors (Lipinski definition) is 4. The largest absolute Gasteiger partial charge is 0.424 e. The molecular formula is C15H28O8. The molecule has 0 bridgehead atoms. The first-order valence-corrected chi connectivity index (χ1v) is 7.26. The lowest BCUT2D eigenvalue weighted by Gasteiger charge is -2.34. The van der Waals surface area contributed by atoms with E-state index in [-0.39, 0.29) is 0 Å². The molecular weight excluding hydrogens is 308 g/mol. The standard InChI is InChI=1S/C15H28O8/c1-13(2,3)12(22-10(20)14(4,6-16)7-17)23-11(21)15(5,8-18)9-19/h12,16-19H,6-9H2,1-5H3. The minimum Gasteiger partial charge on any atom is -0.424 e. The molecule has 0 atom stereocenters. The number of esters is 2. The topological polar surface area (TPSA) is 134 Å². The predicted octanol–water partition coefficient (Wildman–Crippen LogP) is -0.573. The number of rotatable bonds is 8. The molecule has 0 rings (SSSR count). The molecule has 0 amide bonds. The highest BCUT2D eigenvalue weighted by atomic mass is 16.7. The van der Waals surface area contributed by atoms with Crippen molar-refractivity contribution in [3.05, 3.63) is 0 Å². The van der Waals surface area contributed by atoms with Gasteiger partial charge in [-0.1, -0.05) is 20.8 Å². The molecule has 0 heterocycles. The highest BCUT2D eigenvalue weighted by molar-refractivity contribution is 5.78. The summed E-state index contributed by atoms with van der Waals surface area (Å²) >= 11 is 0. The number of hydrogen-bond acceptors (Lipinski definition) is 8. The molecule has 136 valence electrons. The monoisotopic (exact) mass is 336 g/mol. The summed E-state index contributed by atoms with van der Waals surface area (Å²) in [6.07, 6.45) is -1.32. The van der Waals surface area contributed by atoms with E-state index in [0.29, 0.717) is 0 Å². The Morgan fingerprint density at radius 3 is 1.17 bits per heavy atom. The SMILES string of the molecule is CC(CO)(CO)C(=O)OC(OC(=O)C(C)(CO)CO)C(C)(C)C. The van der Waals surface area contributed by atoms with Crippen LogP contribution in [0.25, 0.3) is 0 Å². The van der Waals surface area contributed by atoms with E-state index in [1.165, 1.54) is 13.8 Å². The van der Waals surface area contributed by atoms with Crippen LogP contribution >= 0.6 is 0 Å². The van der Waals surface area contributed by atoms with Crippen molar-refractivity contribution in [3.63, 3.8) is 0 Å². The third-order valence-corrected chi connectivity index (χ3v) is 3.52. The zero-order chi connectivity index (χ0) is 18.5. The van der Waals surface area contributed by atoms with Crippen molar-refractivity contribution < 1.29 is 39.5 Å². The van der Waals surface area contributed by atoms with Crippen LogP contribution in [0.15, 0.2) is 0 Å². The van der Waals surface area contributed by atoms with Crippen LogP contribution in [0.2, 0.25) is 0 Å². The summed E-state index contributed by atoms with van der Waals surface area (Å²) in [5.41, 5.74) is -3.87. The van der Waals surface area contributed by atoms with Crippen molar-refractivity contribution in [2.45, 2.75) is 40.9 Å². The van der Waals surface area contributed by atoms with Gasteiger partial charge in [0.2, 0.25) is 0 Å². The van der Waals surface area contributed by atoms with Crippen LogP contribution in [0.5, 0.6) is 0 Å². The lowest BCUT2D eigenvalue weighted by atomic mass is 9.91. The second-order valence-electron chi connectivity index (χ2n) is 7.26. The zero-order valence-electron chi connectivity index (χ0n) is 14.3. The lowest BCUT2D eigenvalue weighted by molar-refractivity contribution is -0.223. The van der Waals surface area contributed by atoms with E-state index in [4.69, 9.17) is 9.47 Å². The van der Waals surface area contributed by atoms with Gasteiger partial charge in [-0.3, -0.25) is 9.59 Å². The molecule has 0 spiro atoms. The molecule has 0 fully saturated rings. The van der Waals surface area contributed by atoms with E-state index in [1.54, 1.807) is 20.8 Å². The summed E-state index contributed by atoms with van der Waals surface area (Å²) in [5, 5.41) is 36.9. The van der Waals surface area contributed by atoms with E-state index in [9.17, 15) is 30.0 Å². The van der Waals surface area contributed by atoms with Crippen LogP contribution in [0.1, 0.15) is 34.6 Å². The van der Waals surface area contributed by atoms with E-state index >= 15 is 0 Å². The van der Waals surface area contributed by atoms with Crippen LogP contribution in [-0.4, -0.2) is 65.1 Å². The molecule has 0 aliphatic heterocycles. The number of ether oxygens (including phenoxy) is 2. The smallest absolute Gasteiger partial charge is 0.319 e. The van der Waals surface area contributed by atoms with Crippen LogP contribution in [0.4, 0.5) is 0 Å². The fourth-order valence-electron chi connectivity index (χ4n) is 1.21. The summed E-state index contributed by atoms with van der Waals surface area (Å²) in [6, 6.07) is 0. The highest BCUT2D eigenvalue weighted by Gasteiger charge is 2.42. The van der Waals surface area contributed by atoms with E-state index in [2.05, 4.69) is 0 Å². The van der Waals surface area contributed by atoms with Gasteiger partial charge in [-0.05, 0) is 13.8 Å². The quantitative estimate of drug-likeness (QED) is 0.342. The van der Waals surface area contributed by atoms with Gasteiger partial charge in [0.05, 0.1) is 26.4 Å². The lowest BCUT2D eigenvalue weighted by Crippen LogP contribution is -2.46. The van der Waals surface area contributed by atoms with Crippen LogP contribution in [-0.2, 0) is 19.1 Å². The average Bonchev–Trinajstić information content (AvgIpc) is 2.51. The molecule has 4 N–H and O–H groups in total. The minimum absolute atomic E-state index is 0.641. The maximum absolute atomic E-state index is 12.1. The van der Waals surface area contributed by atoms with E-state index in [1.807, 2.05) is 0 Å². The molecule has 8 heteroatoms. The summed E-state index contributed by atoms with van der Waals surface area (Å²) in [5.74, 6) is -1.85. The molecule has 0 aromatic carbocycles. The van der Waals surface area contributed by atoms with Crippen LogP contribution < -0.4 is 0 Å². The zero-order valence-corrected chi connectivity index (χ0v) is 14.3. The Kier molecular flexibility index (Phi) is 7.62. The van der Waals surface area contributed by atoms with Crippen molar-refractivity contribution in [2.75, 3.05) is 26.4 Å². The number of aliphatic hydroxyl groups is 4. The normalized spacial score (nSPS) is 13.1. The third-order valence-electron chi connectivity index (χ3n) is 3.52. The van der Waals surface area contributed by atoms with Gasteiger partial charge in [0.1, 0.15) is 10.8 Å². The van der Waals surface area contributed by atoms with Gasteiger partial charge in [0, 0.05) is 5.41 Å². The van der Waals surface area contributed by atoms with Gasteiger partial charge >= 0.3 is 11.9 Å². The second kappa shape index (κ2) is 8.05. The molecule has 0 unspecified atom stereocenters. The minimum atomic E-state index is -1.53. The summed E-state index contributed by atoms with van der Waals surface area (Å²) in [7, 11) is 0. The Morgan fingerprint density at radius 1 is 0.739 bits per heavy atom. The number of carbonyl (C=O) groups excluding carboxylic acids is 2. The molecule has 8 nitrogen and oxygen atoms in total. The average molecular weight is 336 g/mol. The van der Waals surface area contributed by atoms with Gasteiger partial charge in [-0.25, -0.2) is 0 Å². The Balaban J connectivity index is 5.28. The number of carbonyl (C=O) groups is 2. The van der Waals surface area contributed by atoms with Gasteiger partial charge in [-0.2, -0.15) is 0 Å². The molecule has 0 saturated carbocycles. The van der Waals surface area contributed by atoms with E-state index in [0.717, 1.165) is 0 Å². The summed E-state index contributed by atoms with van der Waals surface area (Å²) in [6.45, 7) is 5.02. The van der Waals surface area contributed by atoms with Gasteiger partial charge < -0.3 is 29.9 Å². The Bertz CT molecular complexity index is 372. The molecule has 0 aliphatic rings. The maximum Gasteiger partial charge on any atom is 0.319 e. The Labute approximate surface area is 136 Å². The maximum atomic E-state index is 12.1. The Hall–Kier alpha value is -1.22. The van der Waals surface area contributed by atoms with Crippen LogP contribution in [0.3, 0.4) is 0 Å². The first-order valence-electron chi connectivity index (χ1n) is 7.26. The molecule has 0 radical (unpaired) electrons. The number of aliphatic hydroxyl groups excluding tert-OH is 4.